The van der Waals surface area contributed by atoms with Gasteiger partial charge in [-0.2, -0.15) is 0 Å². The van der Waals surface area contributed by atoms with E-state index in [9.17, 15) is 9.90 Å². The summed E-state index contributed by atoms with van der Waals surface area (Å²) < 4.78 is 4.74. The topological polar surface area (TPSA) is 58.6 Å². The van der Waals surface area contributed by atoms with Crippen molar-refractivity contribution < 1.29 is 14.6 Å². The maximum absolute atomic E-state index is 11.7. The average Bonchev–Trinajstić information content (AvgIpc) is 2.53. The third-order valence-electron chi connectivity index (χ3n) is 4.02. The molecule has 118 valence electrons. The number of carbonyl (C=O) groups is 1. The molecule has 0 spiro atoms. The number of benzene rings is 2. The van der Waals surface area contributed by atoms with Crippen molar-refractivity contribution in [1.29, 1.82) is 0 Å². The number of rotatable bonds is 6. The zero-order valence-corrected chi connectivity index (χ0v) is 13.2. The van der Waals surface area contributed by atoms with Crippen molar-refractivity contribution in [1.82, 2.24) is 5.32 Å². The van der Waals surface area contributed by atoms with Gasteiger partial charge in [0.25, 0.3) is 0 Å². The number of methoxy groups -OCH3 is 1. The highest BCUT2D eigenvalue weighted by molar-refractivity contribution is 5.86. The van der Waals surface area contributed by atoms with Crippen LogP contribution < -0.4 is 5.32 Å². The lowest BCUT2D eigenvalue weighted by Gasteiger charge is -2.22. The zero-order valence-electron chi connectivity index (χ0n) is 13.2. The molecular weight excluding hydrogens is 278 g/mol. The van der Waals surface area contributed by atoms with Crippen LogP contribution in [-0.2, 0) is 9.53 Å². The first kappa shape index (κ1) is 16.5. The minimum atomic E-state index is -0.750. The number of carbonyl (C=O) groups excluding carboxylic acids is 1. The Balaban J connectivity index is 2.14. The quantitative estimate of drug-likeness (QED) is 0.805. The SMILES string of the molecule is COC(=O)C(CN[C@H](C)c1cccc2ccccc12)C(C)O. The molecule has 0 saturated carbocycles. The standard InChI is InChI=1S/C18H23NO3/c1-12(19-11-17(13(2)20)18(21)22-3)15-10-6-8-14-7-4-5-9-16(14)15/h4-10,12-13,17,19-20H,11H2,1-3H3/t12-,13?,17?/m1/s1. The summed E-state index contributed by atoms with van der Waals surface area (Å²) in [6.07, 6.45) is -0.750. The van der Waals surface area contributed by atoms with Gasteiger partial charge in [0.15, 0.2) is 0 Å². The molecule has 0 aromatic heterocycles. The van der Waals surface area contributed by atoms with Crippen LogP contribution >= 0.6 is 0 Å². The average molecular weight is 301 g/mol. The molecule has 2 aromatic rings. The number of nitrogens with one attached hydrogen (secondary N) is 1. The molecule has 4 heteroatoms. The summed E-state index contributed by atoms with van der Waals surface area (Å²) in [6.45, 7) is 4.03. The Morgan fingerprint density at radius 2 is 1.86 bits per heavy atom. The van der Waals surface area contributed by atoms with Gasteiger partial charge >= 0.3 is 5.97 Å². The number of hydrogen-bond donors (Lipinski definition) is 2. The number of esters is 1. The maximum atomic E-state index is 11.7. The lowest BCUT2D eigenvalue weighted by molar-refractivity contribution is -0.148. The highest BCUT2D eigenvalue weighted by atomic mass is 16.5. The fraction of sp³-hybridized carbons (Fsp3) is 0.389. The minimum absolute atomic E-state index is 0.0667. The maximum Gasteiger partial charge on any atom is 0.312 e. The molecule has 0 aliphatic heterocycles. The van der Waals surface area contributed by atoms with Crippen molar-refractivity contribution in [2.24, 2.45) is 5.92 Å². The van der Waals surface area contributed by atoms with Crippen molar-refractivity contribution in [3.63, 3.8) is 0 Å². The lowest BCUT2D eigenvalue weighted by Crippen LogP contribution is -2.37. The van der Waals surface area contributed by atoms with E-state index in [-0.39, 0.29) is 6.04 Å². The van der Waals surface area contributed by atoms with Crippen LogP contribution in [-0.4, -0.2) is 30.8 Å². The normalized spacial score (nSPS) is 15.3. The largest absolute Gasteiger partial charge is 0.469 e. The van der Waals surface area contributed by atoms with Crippen molar-refractivity contribution >= 4 is 16.7 Å². The van der Waals surface area contributed by atoms with Gasteiger partial charge in [0.05, 0.1) is 19.1 Å². The van der Waals surface area contributed by atoms with Crippen molar-refractivity contribution in [2.75, 3.05) is 13.7 Å². The van der Waals surface area contributed by atoms with Gasteiger partial charge in [-0.15, -0.1) is 0 Å². The third kappa shape index (κ3) is 3.64. The number of aliphatic hydroxyl groups excluding tert-OH is 1. The Hall–Kier alpha value is -1.91. The lowest BCUT2D eigenvalue weighted by atomic mass is 9.98. The van der Waals surface area contributed by atoms with E-state index in [0.717, 1.165) is 0 Å². The summed E-state index contributed by atoms with van der Waals surface area (Å²) in [5, 5.41) is 15.4. The minimum Gasteiger partial charge on any atom is -0.469 e. The Kier molecular flexibility index (Phi) is 5.52. The van der Waals surface area contributed by atoms with Crippen LogP contribution in [0.5, 0.6) is 0 Å². The van der Waals surface area contributed by atoms with Crippen LogP contribution in [0, 0.1) is 5.92 Å². The fourth-order valence-electron chi connectivity index (χ4n) is 2.64. The molecule has 0 aliphatic rings. The Morgan fingerprint density at radius 3 is 2.55 bits per heavy atom. The highest BCUT2D eigenvalue weighted by Crippen LogP contribution is 2.24. The van der Waals surface area contributed by atoms with E-state index >= 15 is 0 Å². The van der Waals surface area contributed by atoms with E-state index < -0.39 is 18.0 Å². The highest BCUT2D eigenvalue weighted by Gasteiger charge is 2.25. The second-order valence-corrected chi connectivity index (χ2v) is 5.57. The van der Waals surface area contributed by atoms with Gasteiger partial charge in [-0.25, -0.2) is 0 Å². The van der Waals surface area contributed by atoms with Gasteiger partial charge in [0.1, 0.15) is 0 Å². The molecule has 3 atom stereocenters. The van der Waals surface area contributed by atoms with Crippen LogP contribution in [0.15, 0.2) is 42.5 Å². The molecule has 2 N–H and O–H groups in total. The van der Waals surface area contributed by atoms with Crippen LogP contribution in [0.1, 0.15) is 25.5 Å². The smallest absolute Gasteiger partial charge is 0.312 e. The molecule has 2 aromatic carbocycles. The molecule has 0 saturated heterocycles. The van der Waals surface area contributed by atoms with Gasteiger partial charge in [0.2, 0.25) is 0 Å². The first-order chi connectivity index (χ1) is 10.5. The second kappa shape index (κ2) is 7.38. The zero-order chi connectivity index (χ0) is 16.1. The van der Waals surface area contributed by atoms with E-state index in [4.69, 9.17) is 4.74 Å². The Labute approximate surface area is 131 Å². The number of aliphatic hydroxyl groups is 1. The molecule has 2 unspecified atom stereocenters. The van der Waals surface area contributed by atoms with E-state index in [0.29, 0.717) is 6.54 Å². The number of fused-ring (bicyclic) bond motifs is 1. The van der Waals surface area contributed by atoms with Crippen molar-refractivity contribution in [2.45, 2.75) is 26.0 Å². The van der Waals surface area contributed by atoms with Gasteiger partial charge in [-0.05, 0) is 30.2 Å². The van der Waals surface area contributed by atoms with E-state index in [1.807, 2.05) is 18.2 Å². The summed E-state index contributed by atoms with van der Waals surface area (Å²) in [4.78, 5) is 11.7. The summed E-state index contributed by atoms with van der Waals surface area (Å²) in [6, 6.07) is 14.5. The van der Waals surface area contributed by atoms with E-state index in [2.05, 4.69) is 36.5 Å². The van der Waals surface area contributed by atoms with Gasteiger partial charge in [-0.3, -0.25) is 4.79 Å². The molecule has 0 radical (unpaired) electrons. The third-order valence-corrected chi connectivity index (χ3v) is 4.02. The predicted molar refractivity (Wildman–Crippen MR) is 87.6 cm³/mol. The van der Waals surface area contributed by atoms with Crippen molar-refractivity contribution in [3.8, 4) is 0 Å². The molecule has 4 nitrogen and oxygen atoms in total. The summed E-state index contributed by atoms with van der Waals surface area (Å²) in [5.74, 6) is -0.963. The molecule has 0 heterocycles. The summed E-state index contributed by atoms with van der Waals surface area (Å²) in [7, 11) is 1.34. The van der Waals surface area contributed by atoms with E-state index in [1.54, 1.807) is 6.92 Å². The van der Waals surface area contributed by atoms with Crippen LogP contribution in [0.3, 0.4) is 0 Å². The molecule has 0 amide bonds. The molecule has 0 bridgehead atoms. The fourth-order valence-corrected chi connectivity index (χ4v) is 2.64. The van der Waals surface area contributed by atoms with Crippen LogP contribution in [0.4, 0.5) is 0 Å². The molecule has 22 heavy (non-hydrogen) atoms. The molecule has 0 aliphatic carbocycles. The van der Waals surface area contributed by atoms with Gasteiger partial charge in [-0.1, -0.05) is 42.5 Å². The van der Waals surface area contributed by atoms with Crippen LogP contribution in [0.25, 0.3) is 10.8 Å². The van der Waals surface area contributed by atoms with Gasteiger partial charge < -0.3 is 15.2 Å². The molecule has 2 rings (SSSR count). The second-order valence-electron chi connectivity index (χ2n) is 5.57. The molecule has 0 fully saturated rings. The van der Waals surface area contributed by atoms with E-state index in [1.165, 1.54) is 23.4 Å². The Bertz CT molecular complexity index is 634. The summed E-state index contributed by atoms with van der Waals surface area (Å²) >= 11 is 0. The monoisotopic (exact) mass is 301 g/mol. The Morgan fingerprint density at radius 1 is 1.18 bits per heavy atom. The van der Waals surface area contributed by atoms with Crippen molar-refractivity contribution in [3.05, 3.63) is 48.0 Å². The van der Waals surface area contributed by atoms with Crippen LogP contribution in [0.2, 0.25) is 0 Å². The summed E-state index contributed by atoms with van der Waals surface area (Å²) in [5.41, 5.74) is 1.17. The number of ether oxygens (including phenoxy) is 1. The van der Waals surface area contributed by atoms with Gasteiger partial charge in [0, 0.05) is 12.6 Å². The number of hydrogen-bond acceptors (Lipinski definition) is 4. The first-order valence-corrected chi connectivity index (χ1v) is 7.51. The predicted octanol–water partition coefficient (Wildman–Crippen LogP) is 2.66. The molecular formula is C18H23NO3. The first-order valence-electron chi connectivity index (χ1n) is 7.51.